The van der Waals surface area contributed by atoms with Gasteiger partial charge in [-0.2, -0.15) is 0 Å². The van der Waals surface area contributed by atoms with Crippen molar-refractivity contribution >= 4 is 22.6 Å². The molecule has 0 fully saturated rings. The number of nitrogens with zero attached hydrogens (tertiary/aromatic N) is 1. The molecule has 0 saturated carbocycles. The van der Waals surface area contributed by atoms with Crippen LogP contribution in [0.4, 0.5) is 5.69 Å². The zero-order valence-corrected chi connectivity index (χ0v) is 11.6. The maximum absolute atomic E-state index is 4.69. The van der Waals surface area contributed by atoms with Crippen molar-refractivity contribution in [1.29, 1.82) is 0 Å². The lowest BCUT2D eigenvalue weighted by molar-refractivity contribution is 0.543. The summed E-state index contributed by atoms with van der Waals surface area (Å²) in [7, 11) is 0. The molecule has 2 nitrogen and oxygen atoms in total. The van der Waals surface area contributed by atoms with Crippen LogP contribution in [0, 0.1) is 5.92 Å². The molecule has 1 N–H and O–H groups in total. The number of amidine groups is 1. The molecule has 0 spiro atoms. The highest BCUT2D eigenvalue weighted by atomic mass is 32.2. The standard InChI is InChI=1S/C14H20N2S/c1-4-11-5-7-12(8-6-11)15-14-16-13(9-17-14)10(2)3/h5-8,10,13H,4,9H2,1-3H3,(H,15,16). The smallest absolute Gasteiger partial charge is 0.161 e. The van der Waals surface area contributed by atoms with Crippen molar-refractivity contribution in [2.45, 2.75) is 33.2 Å². The fourth-order valence-electron chi connectivity index (χ4n) is 1.75. The van der Waals surface area contributed by atoms with Gasteiger partial charge in [-0.3, -0.25) is 4.99 Å². The van der Waals surface area contributed by atoms with Gasteiger partial charge in [0.1, 0.15) is 0 Å². The Morgan fingerprint density at radius 3 is 2.59 bits per heavy atom. The summed E-state index contributed by atoms with van der Waals surface area (Å²) in [6.07, 6.45) is 1.09. The van der Waals surface area contributed by atoms with E-state index in [2.05, 4.69) is 50.4 Å². The fraction of sp³-hybridized carbons (Fsp3) is 0.500. The lowest BCUT2D eigenvalue weighted by atomic mass is 10.1. The largest absolute Gasteiger partial charge is 0.335 e. The van der Waals surface area contributed by atoms with E-state index in [1.54, 1.807) is 0 Å². The van der Waals surface area contributed by atoms with Crippen molar-refractivity contribution in [2.75, 3.05) is 11.1 Å². The minimum absolute atomic E-state index is 0.470. The van der Waals surface area contributed by atoms with Crippen molar-refractivity contribution in [3.05, 3.63) is 29.8 Å². The zero-order valence-electron chi connectivity index (χ0n) is 10.7. The molecule has 0 saturated heterocycles. The number of anilines is 1. The number of thioether (sulfide) groups is 1. The van der Waals surface area contributed by atoms with Gasteiger partial charge in [-0.15, -0.1) is 0 Å². The van der Waals surface area contributed by atoms with Crippen LogP contribution >= 0.6 is 11.8 Å². The summed E-state index contributed by atoms with van der Waals surface area (Å²) in [6.45, 7) is 6.63. The second-order valence-electron chi connectivity index (χ2n) is 4.73. The number of hydrogen-bond acceptors (Lipinski definition) is 3. The molecule has 0 radical (unpaired) electrons. The Labute approximate surface area is 108 Å². The number of nitrogens with one attached hydrogen (secondary N) is 1. The van der Waals surface area contributed by atoms with Gasteiger partial charge in [0.05, 0.1) is 6.04 Å². The number of aryl methyl sites for hydroxylation is 1. The molecule has 0 bridgehead atoms. The van der Waals surface area contributed by atoms with Crippen LogP contribution in [0.15, 0.2) is 29.3 Å². The quantitative estimate of drug-likeness (QED) is 0.880. The average Bonchev–Trinajstić information content (AvgIpc) is 2.79. The summed E-state index contributed by atoms with van der Waals surface area (Å²) >= 11 is 1.82. The van der Waals surface area contributed by atoms with Crippen LogP contribution in [0.3, 0.4) is 0 Å². The van der Waals surface area contributed by atoms with E-state index in [1.165, 1.54) is 5.56 Å². The van der Waals surface area contributed by atoms with Crippen LogP contribution < -0.4 is 5.32 Å². The van der Waals surface area contributed by atoms with Crippen LogP contribution in [0.2, 0.25) is 0 Å². The van der Waals surface area contributed by atoms with Gasteiger partial charge in [-0.25, -0.2) is 0 Å². The first-order valence-corrected chi connectivity index (χ1v) is 7.24. The molecule has 1 aliphatic rings. The summed E-state index contributed by atoms with van der Waals surface area (Å²) < 4.78 is 0. The highest BCUT2D eigenvalue weighted by molar-refractivity contribution is 8.14. The van der Waals surface area contributed by atoms with E-state index in [-0.39, 0.29) is 0 Å². The number of rotatable bonds is 3. The van der Waals surface area contributed by atoms with E-state index in [4.69, 9.17) is 4.99 Å². The second kappa shape index (κ2) is 5.58. The molecule has 1 aromatic carbocycles. The minimum atomic E-state index is 0.470. The fourth-order valence-corrected chi connectivity index (χ4v) is 2.93. The monoisotopic (exact) mass is 248 g/mol. The van der Waals surface area contributed by atoms with Crippen molar-refractivity contribution in [2.24, 2.45) is 10.9 Å². The van der Waals surface area contributed by atoms with E-state index in [9.17, 15) is 0 Å². The molecule has 2 rings (SSSR count). The first-order chi connectivity index (χ1) is 8.19. The van der Waals surface area contributed by atoms with E-state index < -0.39 is 0 Å². The molecule has 1 unspecified atom stereocenters. The predicted molar refractivity (Wildman–Crippen MR) is 78.0 cm³/mol. The van der Waals surface area contributed by atoms with Crippen LogP contribution in [0.5, 0.6) is 0 Å². The van der Waals surface area contributed by atoms with Crippen molar-refractivity contribution in [1.82, 2.24) is 0 Å². The van der Waals surface area contributed by atoms with Crippen molar-refractivity contribution in [3.8, 4) is 0 Å². The van der Waals surface area contributed by atoms with Gasteiger partial charge in [0.2, 0.25) is 0 Å². The Morgan fingerprint density at radius 2 is 2.06 bits per heavy atom. The van der Waals surface area contributed by atoms with E-state index in [1.807, 2.05) is 11.8 Å². The Kier molecular flexibility index (Phi) is 4.11. The SMILES string of the molecule is CCc1ccc(NC2=NC(C(C)C)CS2)cc1. The normalized spacial score (nSPS) is 19.5. The van der Waals surface area contributed by atoms with Crippen LogP contribution in [-0.2, 0) is 6.42 Å². The molecular formula is C14H20N2S. The third-order valence-electron chi connectivity index (χ3n) is 3.06. The molecule has 1 aliphatic heterocycles. The molecule has 3 heteroatoms. The van der Waals surface area contributed by atoms with E-state index in [0.717, 1.165) is 23.0 Å². The van der Waals surface area contributed by atoms with Crippen molar-refractivity contribution < 1.29 is 0 Å². The van der Waals surface area contributed by atoms with Crippen molar-refractivity contribution in [3.63, 3.8) is 0 Å². The summed E-state index contributed by atoms with van der Waals surface area (Å²) in [5.41, 5.74) is 2.51. The van der Waals surface area contributed by atoms with Crippen LogP contribution in [0.1, 0.15) is 26.3 Å². The highest BCUT2D eigenvalue weighted by Crippen LogP contribution is 2.24. The summed E-state index contributed by atoms with van der Waals surface area (Å²) in [5.74, 6) is 1.73. The van der Waals surface area contributed by atoms with Gasteiger partial charge < -0.3 is 5.32 Å². The first kappa shape index (κ1) is 12.5. The average molecular weight is 248 g/mol. The predicted octanol–water partition coefficient (Wildman–Crippen LogP) is 3.79. The maximum atomic E-state index is 4.69. The van der Waals surface area contributed by atoms with Gasteiger partial charge in [0, 0.05) is 11.4 Å². The molecule has 0 aromatic heterocycles. The third-order valence-corrected chi connectivity index (χ3v) is 4.05. The van der Waals surface area contributed by atoms with Gasteiger partial charge in [-0.1, -0.05) is 44.7 Å². The van der Waals surface area contributed by atoms with Crippen LogP contribution in [-0.4, -0.2) is 17.0 Å². The Bertz CT molecular complexity index is 395. The molecule has 0 aliphatic carbocycles. The van der Waals surface area contributed by atoms with Gasteiger partial charge in [-0.05, 0) is 30.0 Å². The Hall–Kier alpha value is -0.960. The minimum Gasteiger partial charge on any atom is -0.335 e. The Morgan fingerprint density at radius 1 is 1.35 bits per heavy atom. The summed E-state index contributed by atoms with van der Waals surface area (Å²) in [4.78, 5) is 4.69. The first-order valence-electron chi connectivity index (χ1n) is 6.25. The lowest BCUT2D eigenvalue weighted by Gasteiger charge is -2.08. The molecule has 17 heavy (non-hydrogen) atoms. The van der Waals surface area contributed by atoms with E-state index in [0.29, 0.717) is 12.0 Å². The molecule has 0 amide bonds. The zero-order chi connectivity index (χ0) is 12.3. The Balaban J connectivity index is 1.99. The summed E-state index contributed by atoms with van der Waals surface area (Å²) in [5, 5.41) is 4.45. The number of aliphatic imine (C=N–C) groups is 1. The molecule has 1 atom stereocenters. The highest BCUT2D eigenvalue weighted by Gasteiger charge is 2.20. The third kappa shape index (κ3) is 3.25. The van der Waals surface area contributed by atoms with Gasteiger partial charge >= 0.3 is 0 Å². The second-order valence-corrected chi connectivity index (χ2v) is 5.74. The van der Waals surface area contributed by atoms with Gasteiger partial charge in [0.25, 0.3) is 0 Å². The topological polar surface area (TPSA) is 24.4 Å². The molecular weight excluding hydrogens is 228 g/mol. The van der Waals surface area contributed by atoms with E-state index >= 15 is 0 Å². The number of benzene rings is 1. The number of hydrogen-bond donors (Lipinski definition) is 1. The molecule has 92 valence electrons. The maximum Gasteiger partial charge on any atom is 0.161 e. The van der Waals surface area contributed by atoms with Crippen LogP contribution in [0.25, 0.3) is 0 Å². The molecule has 1 heterocycles. The summed E-state index contributed by atoms with van der Waals surface area (Å²) in [6, 6.07) is 9.07. The molecule has 1 aromatic rings. The van der Waals surface area contributed by atoms with Gasteiger partial charge in [0.15, 0.2) is 5.17 Å². The lowest BCUT2D eigenvalue weighted by Crippen LogP contribution is -2.12.